The van der Waals surface area contributed by atoms with Crippen LogP contribution in [0.5, 0.6) is 0 Å². The van der Waals surface area contributed by atoms with Gasteiger partial charge in [0.1, 0.15) is 0 Å². The molecule has 0 aliphatic rings. The number of benzene rings is 3. The largest absolute Gasteiger partial charge is 0.294 e. The Labute approximate surface area is 187 Å². The van der Waals surface area contributed by atoms with Crippen molar-refractivity contribution in [3.63, 3.8) is 0 Å². The molecule has 0 saturated heterocycles. The third-order valence-electron chi connectivity index (χ3n) is 5.14. The molecular formula is C26H22N2O3S. The summed E-state index contributed by atoms with van der Waals surface area (Å²) < 4.78 is 24.8. The van der Waals surface area contributed by atoms with Crippen LogP contribution in [0.25, 0.3) is 10.9 Å². The van der Waals surface area contributed by atoms with Gasteiger partial charge in [-0.1, -0.05) is 53.8 Å². The average Bonchev–Trinajstić information content (AvgIpc) is 2.76. The summed E-state index contributed by atoms with van der Waals surface area (Å²) in [6.45, 7) is 2.35. The molecule has 1 heterocycles. The van der Waals surface area contributed by atoms with E-state index in [1.54, 1.807) is 36.4 Å². The van der Waals surface area contributed by atoms with Gasteiger partial charge >= 0.3 is 0 Å². The zero-order valence-corrected chi connectivity index (χ0v) is 18.7. The molecule has 4 rings (SSSR count). The molecule has 32 heavy (non-hydrogen) atoms. The number of aromatic nitrogens is 2. The maximum atomic E-state index is 13.0. The van der Waals surface area contributed by atoms with E-state index in [4.69, 9.17) is 0 Å². The van der Waals surface area contributed by atoms with Gasteiger partial charge in [-0.15, -0.1) is 0 Å². The molecule has 0 fully saturated rings. The van der Waals surface area contributed by atoms with Crippen molar-refractivity contribution in [3.05, 3.63) is 106 Å². The predicted molar refractivity (Wildman–Crippen MR) is 126 cm³/mol. The monoisotopic (exact) mass is 442 g/mol. The summed E-state index contributed by atoms with van der Waals surface area (Å²) in [5.41, 5.74) is 4.39. The predicted octanol–water partition coefficient (Wildman–Crippen LogP) is 3.75. The Bertz CT molecular complexity index is 1520. The molecule has 0 radical (unpaired) electrons. The van der Waals surface area contributed by atoms with Crippen LogP contribution in [-0.4, -0.2) is 24.2 Å². The molecule has 0 bridgehead atoms. The second-order valence-corrected chi connectivity index (χ2v) is 9.81. The van der Waals surface area contributed by atoms with E-state index in [1.807, 2.05) is 18.2 Å². The summed E-state index contributed by atoms with van der Waals surface area (Å²) in [6.07, 6.45) is 3.32. The van der Waals surface area contributed by atoms with Crippen LogP contribution in [0.2, 0.25) is 0 Å². The van der Waals surface area contributed by atoms with Crippen molar-refractivity contribution in [1.82, 2.24) is 9.55 Å². The maximum absolute atomic E-state index is 13.0. The first-order valence-corrected chi connectivity index (χ1v) is 12.0. The van der Waals surface area contributed by atoms with Gasteiger partial charge in [0, 0.05) is 18.2 Å². The number of nitrogens with zero attached hydrogens (tertiary/aromatic N) is 2. The summed E-state index contributed by atoms with van der Waals surface area (Å²) in [7, 11) is -3.26. The fraction of sp³-hybridized carbons (Fsp3) is 0.154. The van der Waals surface area contributed by atoms with Gasteiger partial charge in [-0.2, -0.15) is 0 Å². The van der Waals surface area contributed by atoms with E-state index in [9.17, 15) is 13.2 Å². The van der Waals surface area contributed by atoms with Crippen LogP contribution >= 0.6 is 0 Å². The minimum Gasteiger partial charge on any atom is -0.294 e. The van der Waals surface area contributed by atoms with E-state index < -0.39 is 9.84 Å². The quantitative estimate of drug-likeness (QED) is 0.452. The van der Waals surface area contributed by atoms with E-state index in [-0.39, 0.29) is 10.5 Å². The van der Waals surface area contributed by atoms with Crippen molar-refractivity contribution in [3.8, 4) is 11.8 Å². The van der Waals surface area contributed by atoms with E-state index in [0.717, 1.165) is 16.7 Å². The molecule has 1 aromatic heterocycles. The fourth-order valence-electron chi connectivity index (χ4n) is 3.46. The van der Waals surface area contributed by atoms with Crippen molar-refractivity contribution in [1.29, 1.82) is 0 Å². The lowest BCUT2D eigenvalue weighted by Crippen LogP contribution is -2.21. The van der Waals surface area contributed by atoms with Crippen molar-refractivity contribution >= 4 is 20.7 Å². The van der Waals surface area contributed by atoms with E-state index in [2.05, 4.69) is 35.9 Å². The lowest BCUT2D eigenvalue weighted by atomic mass is 10.1. The second kappa shape index (κ2) is 8.81. The first-order valence-electron chi connectivity index (χ1n) is 10.1. The molecule has 160 valence electrons. The lowest BCUT2D eigenvalue weighted by Gasteiger charge is -2.08. The number of rotatable bonds is 4. The summed E-state index contributed by atoms with van der Waals surface area (Å²) >= 11 is 0. The topological polar surface area (TPSA) is 69.0 Å². The summed E-state index contributed by atoms with van der Waals surface area (Å²) in [5.74, 6) is 6.31. The first kappa shape index (κ1) is 21.5. The number of hydrogen-bond acceptors (Lipinski definition) is 4. The summed E-state index contributed by atoms with van der Waals surface area (Å²) in [4.78, 5) is 17.7. The molecule has 0 saturated carbocycles. The summed E-state index contributed by atoms with van der Waals surface area (Å²) in [6, 6.07) is 20.2. The molecule has 0 spiro atoms. The smallest absolute Gasteiger partial charge is 0.261 e. The Balaban J connectivity index is 1.59. The summed E-state index contributed by atoms with van der Waals surface area (Å²) in [5, 5.41) is 0.502. The van der Waals surface area contributed by atoms with Crippen LogP contribution in [0.3, 0.4) is 0 Å². The van der Waals surface area contributed by atoms with Crippen LogP contribution in [0.4, 0.5) is 0 Å². The van der Waals surface area contributed by atoms with Crippen molar-refractivity contribution < 1.29 is 8.42 Å². The maximum Gasteiger partial charge on any atom is 0.261 e. The molecule has 4 aromatic rings. The molecular weight excluding hydrogens is 420 g/mol. The fourth-order valence-corrected chi connectivity index (χ4v) is 4.09. The third-order valence-corrected chi connectivity index (χ3v) is 6.26. The standard InChI is InChI=1S/C26H22N2O3S/c1-19-5-3-6-20(15-19)7-4-8-21-11-14-25-24(16-21)26(29)28(18-27-25)17-22-9-12-23(13-10-22)32(2,30)31/h3,5-6,9-16,18H,7,17H2,1-2H3. The Hall–Kier alpha value is -3.69. The number of hydrogen-bond donors (Lipinski definition) is 0. The number of aryl methyl sites for hydroxylation is 1. The highest BCUT2D eigenvalue weighted by molar-refractivity contribution is 7.90. The second-order valence-electron chi connectivity index (χ2n) is 7.79. The van der Waals surface area contributed by atoms with Crippen LogP contribution in [0, 0.1) is 18.8 Å². The van der Waals surface area contributed by atoms with Gasteiger partial charge in [-0.3, -0.25) is 9.36 Å². The highest BCUT2D eigenvalue weighted by atomic mass is 32.2. The van der Waals surface area contributed by atoms with Crippen LogP contribution in [0.1, 0.15) is 22.3 Å². The Morgan fingerprint density at radius 1 is 0.969 bits per heavy atom. The van der Waals surface area contributed by atoms with E-state index in [1.165, 1.54) is 22.7 Å². The highest BCUT2D eigenvalue weighted by Crippen LogP contribution is 2.13. The van der Waals surface area contributed by atoms with Gasteiger partial charge in [-0.05, 0) is 48.4 Å². The van der Waals surface area contributed by atoms with Crippen LogP contribution < -0.4 is 5.56 Å². The van der Waals surface area contributed by atoms with Gasteiger partial charge in [0.15, 0.2) is 9.84 Å². The van der Waals surface area contributed by atoms with E-state index in [0.29, 0.717) is 23.9 Å². The molecule has 0 amide bonds. The van der Waals surface area contributed by atoms with Gasteiger partial charge in [0.25, 0.3) is 5.56 Å². The van der Waals surface area contributed by atoms with E-state index >= 15 is 0 Å². The Morgan fingerprint density at radius 2 is 1.75 bits per heavy atom. The number of fused-ring (bicyclic) bond motifs is 1. The molecule has 3 aromatic carbocycles. The minimum absolute atomic E-state index is 0.162. The first-order chi connectivity index (χ1) is 15.3. The Morgan fingerprint density at radius 3 is 2.47 bits per heavy atom. The van der Waals surface area contributed by atoms with Crippen molar-refractivity contribution in [2.24, 2.45) is 0 Å². The average molecular weight is 443 g/mol. The van der Waals surface area contributed by atoms with Gasteiger partial charge in [0.2, 0.25) is 0 Å². The molecule has 0 unspecified atom stereocenters. The molecule has 5 nitrogen and oxygen atoms in total. The normalized spacial score (nSPS) is 11.2. The van der Waals surface area contributed by atoms with Crippen molar-refractivity contribution in [2.45, 2.75) is 24.8 Å². The van der Waals surface area contributed by atoms with Crippen molar-refractivity contribution in [2.75, 3.05) is 6.26 Å². The van der Waals surface area contributed by atoms with Gasteiger partial charge in [-0.25, -0.2) is 13.4 Å². The van der Waals surface area contributed by atoms with Gasteiger partial charge in [0.05, 0.1) is 28.7 Å². The third kappa shape index (κ3) is 4.96. The molecule has 0 N–H and O–H groups in total. The lowest BCUT2D eigenvalue weighted by molar-refractivity contribution is 0.602. The molecule has 0 aliphatic carbocycles. The van der Waals surface area contributed by atoms with Gasteiger partial charge < -0.3 is 0 Å². The zero-order chi connectivity index (χ0) is 22.7. The minimum atomic E-state index is -3.26. The molecule has 6 heteroatoms. The van der Waals surface area contributed by atoms with Crippen LogP contribution in [-0.2, 0) is 22.8 Å². The molecule has 0 atom stereocenters. The zero-order valence-electron chi connectivity index (χ0n) is 17.9. The molecule has 0 aliphatic heterocycles. The number of sulfone groups is 1. The van der Waals surface area contributed by atoms with Crippen LogP contribution in [0.15, 0.2) is 82.7 Å². The Kier molecular flexibility index (Phi) is 5.93. The SMILES string of the molecule is Cc1cccc(CC#Cc2ccc3ncn(Cc4ccc(S(C)(=O)=O)cc4)c(=O)c3c2)c1. The highest BCUT2D eigenvalue weighted by Gasteiger charge is 2.08.